The molecular weight excluding hydrogens is 378 g/mol. The second-order valence-electron chi connectivity index (χ2n) is 6.35. The van der Waals surface area contributed by atoms with Crippen LogP contribution in [0.2, 0.25) is 0 Å². The topological polar surface area (TPSA) is 64.1 Å². The average Bonchev–Trinajstić information content (AvgIpc) is 2.90. The number of carbonyl (C=O) groups excluding carboxylic acids is 1. The van der Waals surface area contributed by atoms with E-state index in [0.29, 0.717) is 10.9 Å². The fourth-order valence-corrected chi connectivity index (χ4v) is 3.12. The number of aromatic nitrogens is 2. The van der Waals surface area contributed by atoms with Gasteiger partial charge in [0.15, 0.2) is 6.10 Å². The monoisotopic (exact) mass is 397 g/mol. The van der Waals surface area contributed by atoms with Crippen molar-refractivity contribution in [3.63, 3.8) is 0 Å². The molecule has 0 aliphatic heterocycles. The summed E-state index contributed by atoms with van der Waals surface area (Å²) in [6.07, 6.45) is -0.643. The third kappa shape index (κ3) is 4.75. The van der Waals surface area contributed by atoms with Gasteiger partial charge in [-0.15, -0.1) is 10.2 Å². The predicted octanol–water partition coefficient (Wildman–Crippen LogP) is 4.31. The first kappa shape index (κ1) is 17.9. The van der Waals surface area contributed by atoms with Crippen LogP contribution in [-0.2, 0) is 10.2 Å². The van der Waals surface area contributed by atoms with E-state index in [1.165, 1.54) is 11.3 Å². The molecule has 1 aromatic carbocycles. The van der Waals surface area contributed by atoms with Crippen molar-refractivity contribution in [1.29, 1.82) is 0 Å². The van der Waals surface area contributed by atoms with Crippen LogP contribution in [0.1, 0.15) is 38.3 Å². The number of amides is 1. The average molecular weight is 398 g/mol. The minimum Gasteiger partial charge on any atom is -0.480 e. The molecule has 1 amide bonds. The maximum atomic E-state index is 12.2. The Morgan fingerprint density at radius 2 is 2.04 bits per heavy atom. The van der Waals surface area contributed by atoms with Gasteiger partial charge in [0.1, 0.15) is 10.8 Å². The van der Waals surface area contributed by atoms with E-state index >= 15 is 0 Å². The Labute approximate surface area is 148 Å². The normalized spacial score (nSPS) is 12.8. The van der Waals surface area contributed by atoms with E-state index in [1.54, 1.807) is 6.92 Å². The summed E-state index contributed by atoms with van der Waals surface area (Å²) >= 11 is 4.82. The van der Waals surface area contributed by atoms with E-state index in [-0.39, 0.29) is 11.3 Å². The maximum absolute atomic E-state index is 12.2. The van der Waals surface area contributed by atoms with Crippen molar-refractivity contribution in [1.82, 2.24) is 10.2 Å². The molecule has 0 saturated carbocycles. The summed E-state index contributed by atoms with van der Waals surface area (Å²) in [4.78, 5) is 12.2. The van der Waals surface area contributed by atoms with Gasteiger partial charge in [-0.05, 0) is 47.5 Å². The molecule has 0 aliphatic carbocycles. The van der Waals surface area contributed by atoms with Crippen molar-refractivity contribution < 1.29 is 9.53 Å². The van der Waals surface area contributed by atoms with Gasteiger partial charge in [-0.25, -0.2) is 0 Å². The van der Waals surface area contributed by atoms with E-state index in [9.17, 15) is 4.79 Å². The molecular formula is C16H20BrN3O2S. The highest BCUT2D eigenvalue weighted by atomic mass is 79.9. The lowest BCUT2D eigenvalue weighted by Crippen LogP contribution is -2.30. The molecule has 2 aromatic rings. The van der Waals surface area contributed by atoms with E-state index in [4.69, 9.17) is 4.74 Å². The van der Waals surface area contributed by atoms with E-state index in [1.807, 2.05) is 25.1 Å². The first-order valence-corrected chi connectivity index (χ1v) is 8.85. The second-order valence-corrected chi connectivity index (χ2v) is 8.18. The lowest BCUT2D eigenvalue weighted by Gasteiger charge is -2.15. The molecule has 1 heterocycles. The third-order valence-corrected chi connectivity index (χ3v) is 4.94. The zero-order valence-electron chi connectivity index (χ0n) is 13.8. The summed E-state index contributed by atoms with van der Waals surface area (Å²) in [5.74, 6) is 0.375. The Morgan fingerprint density at radius 3 is 2.61 bits per heavy atom. The van der Waals surface area contributed by atoms with Gasteiger partial charge < -0.3 is 4.74 Å². The number of rotatable bonds is 4. The highest BCUT2D eigenvalue weighted by Gasteiger charge is 2.22. The van der Waals surface area contributed by atoms with Gasteiger partial charge in [-0.2, -0.15) is 0 Å². The van der Waals surface area contributed by atoms with Crippen LogP contribution in [0.25, 0.3) is 0 Å². The molecule has 0 fully saturated rings. The first-order chi connectivity index (χ1) is 10.7. The van der Waals surface area contributed by atoms with Gasteiger partial charge in [0.2, 0.25) is 5.13 Å². The van der Waals surface area contributed by atoms with Gasteiger partial charge in [0.05, 0.1) is 4.47 Å². The minimum atomic E-state index is -0.643. The molecule has 7 heteroatoms. The van der Waals surface area contributed by atoms with Crippen LogP contribution in [0.15, 0.2) is 22.7 Å². The van der Waals surface area contributed by atoms with E-state index < -0.39 is 6.10 Å². The molecule has 0 spiro atoms. The molecule has 0 radical (unpaired) electrons. The zero-order chi connectivity index (χ0) is 17.2. The lowest BCUT2D eigenvalue weighted by atomic mass is 9.98. The number of hydrogen-bond acceptors (Lipinski definition) is 5. The van der Waals surface area contributed by atoms with Crippen LogP contribution >= 0.6 is 27.3 Å². The molecule has 1 atom stereocenters. The number of halogens is 1. The highest BCUT2D eigenvalue weighted by Crippen LogP contribution is 2.29. The second kappa shape index (κ2) is 6.97. The van der Waals surface area contributed by atoms with Crippen molar-refractivity contribution in [2.45, 2.75) is 46.1 Å². The van der Waals surface area contributed by atoms with Crippen LogP contribution in [0.5, 0.6) is 5.75 Å². The fraction of sp³-hybridized carbons (Fsp3) is 0.438. The molecule has 0 saturated heterocycles. The Morgan fingerprint density at radius 1 is 1.35 bits per heavy atom. The molecule has 124 valence electrons. The molecule has 0 aliphatic rings. The van der Waals surface area contributed by atoms with Crippen molar-refractivity contribution >= 4 is 38.3 Å². The largest absolute Gasteiger partial charge is 0.480 e. The number of ether oxygens (including phenoxy) is 1. The van der Waals surface area contributed by atoms with Crippen LogP contribution in [0.3, 0.4) is 0 Å². The van der Waals surface area contributed by atoms with Crippen molar-refractivity contribution in [3.8, 4) is 5.75 Å². The number of benzene rings is 1. The van der Waals surface area contributed by atoms with Crippen LogP contribution in [0, 0.1) is 6.92 Å². The molecule has 1 N–H and O–H groups in total. The Balaban J connectivity index is 2.01. The number of anilines is 1. The highest BCUT2D eigenvalue weighted by molar-refractivity contribution is 9.10. The maximum Gasteiger partial charge on any atom is 0.266 e. The van der Waals surface area contributed by atoms with Gasteiger partial charge in [-0.3, -0.25) is 10.1 Å². The molecule has 5 nitrogen and oxygen atoms in total. The van der Waals surface area contributed by atoms with Gasteiger partial charge in [0, 0.05) is 5.41 Å². The van der Waals surface area contributed by atoms with Gasteiger partial charge in [-0.1, -0.05) is 38.2 Å². The van der Waals surface area contributed by atoms with Gasteiger partial charge in [0.25, 0.3) is 5.91 Å². The number of hydrogen-bond donors (Lipinski definition) is 1. The van der Waals surface area contributed by atoms with Crippen LogP contribution in [0.4, 0.5) is 5.13 Å². The summed E-state index contributed by atoms with van der Waals surface area (Å²) in [5.41, 5.74) is 1.03. The standard InChI is InChI=1S/C16H20BrN3O2S/c1-9-6-7-12(11(17)8-9)22-10(2)13(21)18-15-20-19-14(23-15)16(3,4)5/h6-8,10H,1-5H3,(H,18,20,21). The van der Waals surface area contributed by atoms with E-state index in [2.05, 4.69) is 52.2 Å². The fourth-order valence-electron chi connectivity index (χ4n) is 1.73. The quantitative estimate of drug-likeness (QED) is 0.834. The Bertz CT molecular complexity index is 710. The third-order valence-electron chi connectivity index (χ3n) is 3.06. The van der Waals surface area contributed by atoms with Crippen molar-refractivity contribution in [3.05, 3.63) is 33.2 Å². The minimum absolute atomic E-state index is 0.0878. The number of carbonyl (C=O) groups is 1. The van der Waals surface area contributed by atoms with Crippen LogP contribution < -0.4 is 10.1 Å². The summed E-state index contributed by atoms with van der Waals surface area (Å²) < 4.78 is 6.53. The number of aryl methyl sites for hydroxylation is 1. The van der Waals surface area contributed by atoms with Crippen LogP contribution in [-0.4, -0.2) is 22.2 Å². The SMILES string of the molecule is Cc1ccc(OC(C)C(=O)Nc2nnc(C(C)(C)C)s2)c(Br)c1. The van der Waals surface area contributed by atoms with E-state index in [0.717, 1.165) is 15.0 Å². The summed E-state index contributed by atoms with van der Waals surface area (Å²) in [5, 5.41) is 12.2. The first-order valence-electron chi connectivity index (χ1n) is 7.24. The number of nitrogens with one attached hydrogen (secondary N) is 1. The van der Waals surface area contributed by atoms with Crippen molar-refractivity contribution in [2.24, 2.45) is 0 Å². The molecule has 23 heavy (non-hydrogen) atoms. The smallest absolute Gasteiger partial charge is 0.266 e. The molecule has 1 unspecified atom stereocenters. The molecule has 2 rings (SSSR count). The molecule has 1 aromatic heterocycles. The number of nitrogens with zero attached hydrogens (tertiary/aromatic N) is 2. The predicted molar refractivity (Wildman–Crippen MR) is 96.2 cm³/mol. The lowest BCUT2D eigenvalue weighted by molar-refractivity contribution is -0.122. The van der Waals surface area contributed by atoms with Crippen molar-refractivity contribution in [2.75, 3.05) is 5.32 Å². The summed E-state index contributed by atoms with van der Waals surface area (Å²) in [7, 11) is 0. The molecule has 0 bridgehead atoms. The summed E-state index contributed by atoms with van der Waals surface area (Å²) in [6.45, 7) is 9.86. The zero-order valence-corrected chi connectivity index (χ0v) is 16.2. The van der Waals surface area contributed by atoms with Gasteiger partial charge >= 0.3 is 0 Å². The Kier molecular flexibility index (Phi) is 5.41. The Hall–Kier alpha value is -1.47. The summed E-state index contributed by atoms with van der Waals surface area (Å²) in [6, 6.07) is 5.72.